The van der Waals surface area contributed by atoms with E-state index in [0.717, 1.165) is 11.1 Å². The Hall–Kier alpha value is -4.45. The van der Waals surface area contributed by atoms with Crippen molar-refractivity contribution < 1.29 is 23.4 Å². The minimum atomic E-state index is -1.16. The van der Waals surface area contributed by atoms with Gasteiger partial charge in [0, 0.05) is 43.2 Å². The molecule has 1 saturated heterocycles. The van der Waals surface area contributed by atoms with Gasteiger partial charge in [-0.3, -0.25) is 4.98 Å². The zero-order valence-corrected chi connectivity index (χ0v) is 18.2. The predicted molar refractivity (Wildman–Crippen MR) is 123 cm³/mol. The summed E-state index contributed by atoms with van der Waals surface area (Å²) in [4.78, 5) is 21.5. The standard InChI is InChI=1S/C25H19FN4O4/c1-33-22-10-20(25(31)32)29-12-18(22)23-9-19-24(34-23)17(4-6-28-19)14-2-3-21(15(8-14)11-27)30-7-5-16(26)13-30/h2-4,6,8-10,12,16H,5,7,13H2,1H3,(H,31,32)/t16-/m1/s1. The first-order chi connectivity index (χ1) is 16.5. The van der Waals surface area contributed by atoms with Crippen LogP contribution in [0.5, 0.6) is 5.75 Å². The minimum absolute atomic E-state index is 0.142. The lowest BCUT2D eigenvalue weighted by Crippen LogP contribution is -2.20. The highest BCUT2D eigenvalue weighted by atomic mass is 19.1. The molecule has 1 aliphatic heterocycles. The first-order valence-electron chi connectivity index (χ1n) is 10.6. The van der Waals surface area contributed by atoms with Crippen molar-refractivity contribution in [2.24, 2.45) is 0 Å². The molecule has 1 aliphatic rings. The van der Waals surface area contributed by atoms with E-state index in [1.807, 2.05) is 17.0 Å². The molecule has 1 atom stereocenters. The first-order valence-corrected chi connectivity index (χ1v) is 10.6. The van der Waals surface area contributed by atoms with Crippen molar-refractivity contribution in [1.82, 2.24) is 9.97 Å². The van der Waals surface area contributed by atoms with E-state index >= 15 is 0 Å². The number of hydrogen-bond acceptors (Lipinski definition) is 7. The van der Waals surface area contributed by atoms with E-state index in [9.17, 15) is 19.6 Å². The highest BCUT2D eigenvalue weighted by molar-refractivity contribution is 5.94. The molecule has 8 nitrogen and oxygen atoms in total. The fourth-order valence-electron chi connectivity index (χ4n) is 4.21. The van der Waals surface area contributed by atoms with Gasteiger partial charge in [0.1, 0.15) is 29.3 Å². The van der Waals surface area contributed by atoms with Gasteiger partial charge in [0.25, 0.3) is 0 Å². The van der Waals surface area contributed by atoms with E-state index in [2.05, 4.69) is 16.0 Å². The lowest BCUT2D eigenvalue weighted by molar-refractivity contribution is 0.0690. The fraction of sp³-hybridized carbons (Fsp3) is 0.200. The second-order valence-corrected chi connectivity index (χ2v) is 7.93. The number of carboxylic acid groups (broad SMARTS) is 1. The van der Waals surface area contributed by atoms with Crippen LogP contribution in [0, 0.1) is 11.3 Å². The zero-order valence-electron chi connectivity index (χ0n) is 18.2. The molecule has 1 fully saturated rings. The largest absolute Gasteiger partial charge is 0.496 e. The summed E-state index contributed by atoms with van der Waals surface area (Å²) in [6, 6.07) is 12.5. The molecule has 0 spiro atoms. The number of furan rings is 1. The number of benzene rings is 1. The molecular weight excluding hydrogens is 439 g/mol. The summed E-state index contributed by atoms with van der Waals surface area (Å²) in [6.45, 7) is 0.860. The van der Waals surface area contributed by atoms with Gasteiger partial charge in [0.15, 0.2) is 11.3 Å². The van der Waals surface area contributed by atoms with Crippen LogP contribution in [0.25, 0.3) is 33.6 Å². The van der Waals surface area contributed by atoms with Crippen molar-refractivity contribution in [2.45, 2.75) is 12.6 Å². The molecule has 0 radical (unpaired) electrons. The van der Waals surface area contributed by atoms with E-state index < -0.39 is 12.1 Å². The number of rotatable bonds is 5. The molecule has 3 aromatic heterocycles. The molecule has 4 aromatic rings. The highest BCUT2D eigenvalue weighted by Crippen LogP contribution is 2.38. The molecule has 1 aromatic carbocycles. The van der Waals surface area contributed by atoms with Gasteiger partial charge < -0.3 is 19.2 Å². The fourth-order valence-corrected chi connectivity index (χ4v) is 4.21. The van der Waals surface area contributed by atoms with E-state index in [-0.39, 0.29) is 12.2 Å². The quantitative estimate of drug-likeness (QED) is 0.459. The number of ether oxygens (including phenoxy) is 1. The Balaban J connectivity index is 1.58. The summed E-state index contributed by atoms with van der Waals surface area (Å²) in [5, 5.41) is 18.9. The summed E-state index contributed by atoms with van der Waals surface area (Å²) < 4.78 is 25.2. The van der Waals surface area contributed by atoms with Crippen molar-refractivity contribution in [3.05, 3.63) is 60.0 Å². The van der Waals surface area contributed by atoms with Gasteiger partial charge in [-0.05, 0) is 30.2 Å². The van der Waals surface area contributed by atoms with E-state index in [0.29, 0.717) is 52.4 Å². The average molecular weight is 458 g/mol. The normalized spacial score (nSPS) is 15.4. The number of fused-ring (bicyclic) bond motifs is 1. The summed E-state index contributed by atoms with van der Waals surface area (Å²) in [5.74, 6) is -0.438. The van der Waals surface area contributed by atoms with Gasteiger partial charge >= 0.3 is 5.97 Å². The maximum atomic E-state index is 13.7. The highest BCUT2D eigenvalue weighted by Gasteiger charge is 2.24. The van der Waals surface area contributed by atoms with Gasteiger partial charge in [-0.2, -0.15) is 5.26 Å². The topological polar surface area (TPSA) is 112 Å². The van der Waals surface area contributed by atoms with Gasteiger partial charge in [-0.25, -0.2) is 14.2 Å². The monoisotopic (exact) mass is 458 g/mol. The molecule has 0 amide bonds. The van der Waals surface area contributed by atoms with E-state index in [4.69, 9.17) is 9.15 Å². The number of hydrogen-bond donors (Lipinski definition) is 1. The molecule has 0 unspecified atom stereocenters. The molecule has 9 heteroatoms. The number of alkyl halides is 1. The van der Waals surface area contributed by atoms with Crippen LogP contribution in [-0.4, -0.2) is 47.4 Å². The van der Waals surface area contributed by atoms with Crippen LogP contribution < -0.4 is 9.64 Å². The minimum Gasteiger partial charge on any atom is -0.496 e. The van der Waals surface area contributed by atoms with E-state index in [1.165, 1.54) is 19.4 Å². The smallest absolute Gasteiger partial charge is 0.354 e. The van der Waals surface area contributed by atoms with Crippen molar-refractivity contribution in [2.75, 3.05) is 25.1 Å². The van der Waals surface area contributed by atoms with Crippen molar-refractivity contribution in [1.29, 1.82) is 5.26 Å². The van der Waals surface area contributed by atoms with Gasteiger partial charge in [0.2, 0.25) is 0 Å². The third-order valence-corrected chi connectivity index (χ3v) is 5.88. The zero-order chi connectivity index (χ0) is 23.8. The SMILES string of the molecule is COc1cc(C(=O)O)ncc1-c1cc2nccc(-c3ccc(N4CC[C@@H](F)C4)c(C#N)c3)c2o1. The van der Waals surface area contributed by atoms with Crippen molar-refractivity contribution in [3.63, 3.8) is 0 Å². The van der Waals surface area contributed by atoms with Crippen molar-refractivity contribution >= 4 is 22.8 Å². The Morgan fingerprint density at radius 1 is 1.26 bits per heavy atom. The Bertz CT molecular complexity index is 1460. The number of nitrogens with zero attached hydrogens (tertiary/aromatic N) is 4. The second kappa shape index (κ2) is 8.48. The maximum Gasteiger partial charge on any atom is 0.354 e. The molecule has 1 N–H and O–H groups in total. The predicted octanol–water partition coefficient (Wildman–Crippen LogP) is 4.68. The van der Waals surface area contributed by atoms with Crippen LogP contribution in [-0.2, 0) is 0 Å². The van der Waals surface area contributed by atoms with Gasteiger partial charge in [-0.15, -0.1) is 0 Å². The molecule has 34 heavy (non-hydrogen) atoms. The van der Waals surface area contributed by atoms with E-state index in [1.54, 1.807) is 24.4 Å². The van der Waals surface area contributed by atoms with Crippen LogP contribution in [0.15, 0.2) is 53.2 Å². The average Bonchev–Trinajstić information content (AvgIpc) is 3.49. The lowest BCUT2D eigenvalue weighted by atomic mass is 10.0. The van der Waals surface area contributed by atoms with Crippen LogP contribution in [0.4, 0.5) is 10.1 Å². The number of halogens is 1. The molecule has 0 bridgehead atoms. The summed E-state index contributed by atoms with van der Waals surface area (Å²) in [5.41, 5.74) is 4.09. The summed E-state index contributed by atoms with van der Waals surface area (Å²) in [6.07, 6.45) is 2.60. The number of anilines is 1. The third kappa shape index (κ3) is 3.69. The summed E-state index contributed by atoms with van der Waals surface area (Å²) >= 11 is 0. The van der Waals surface area contributed by atoms with Gasteiger partial charge in [-0.1, -0.05) is 6.07 Å². The number of methoxy groups -OCH3 is 1. The number of aromatic carboxylic acids is 1. The number of carbonyl (C=O) groups is 1. The summed E-state index contributed by atoms with van der Waals surface area (Å²) in [7, 11) is 1.44. The molecule has 170 valence electrons. The Labute approximate surface area is 193 Å². The molecule has 0 aliphatic carbocycles. The van der Waals surface area contributed by atoms with Crippen LogP contribution in [0.2, 0.25) is 0 Å². The van der Waals surface area contributed by atoms with Crippen LogP contribution >= 0.6 is 0 Å². The number of nitriles is 1. The van der Waals surface area contributed by atoms with Crippen molar-refractivity contribution in [3.8, 4) is 34.3 Å². The number of carboxylic acids is 1. The van der Waals surface area contributed by atoms with Crippen LogP contribution in [0.1, 0.15) is 22.5 Å². The Morgan fingerprint density at radius 2 is 2.12 bits per heavy atom. The molecule has 5 rings (SSSR count). The molecular formula is C25H19FN4O4. The molecule has 4 heterocycles. The Morgan fingerprint density at radius 3 is 2.82 bits per heavy atom. The third-order valence-electron chi connectivity index (χ3n) is 5.88. The Kier molecular flexibility index (Phi) is 5.34. The second-order valence-electron chi connectivity index (χ2n) is 7.93. The lowest BCUT2D eigenvalue weighted by Gasteiger charge is -2.19. The number of aromatic nitrogens is 2. The maximum absolute atomic E-state index is 13.7. The first kappa shape index (κ1) is 21.4. The van der Waals surface area contributed by atoms with Crippen LogP contribution in [0.3, 0.4) is 0 Å². The molecule has 0 saturated carbocycles. The number of pyridine rings is 2. The van der Waals surface area contributed by atoms with Gasteiger partial charge in [0.05, 0.1) is 23.9 Å².